The first-order valence-corrected chi connectivity index (χ1v) is 5.51. The Kier molecular flexibility index (Phi) is 3.75. The third-order valence-corrected chi connectivity index (χ3v) is 2.38. The molecule has 1 fully saturated rings. The van der Waals surface area contributed by atoms with Gasteiger partial charge in [0.25, 0.3) is 0 Å². The first-order chi connectivity index (χ1) is 7.70. The first-order valence-electron chi connectivity index (χ1n) is 5.51. The topological polar surface area (TPSA) is 89.7 Å². The standard InChI is InChI=1S/C11H18N2O4/c1-11(2,3)17-9(15)6-13-7(10(12)16)4-5-8(13)14/h7H,4-6H2,1-3H3,(H2,12,16)/t7-/m1/s1. The second-order valence-corrected chi connectivity index (χ2v) is 5.06. The van der Waals surface area contributed by atoms with E-state index in [2.05, 4.69) is 0 Å². The number of amides is 2. The molecule has 0 aromatic heterocycles. The Hall–Kier alpha value is -1.59. The van der Waals surface area contributed by atoms with Gasteiger partial charge in [-0.2, -0.15) is 0 Å². The second kappa shape index (κ2) is 4.73. The van der Waals surface area contributed by atoms with Crippen LogP contribution in [0.4, 0.5) is 0 Å². The predicted molar refractivity (Wildman–Crippen MR) is 59.8 cm³/mol. The van der Waals surface area contributed by atoms with E-state index in [-0.39, 0.29) is 18.9 Å². The van der Waals surface area contributed by atoms with Gasteiger partial charge in [-0.05, 0) is 27.2 Å². The summed E-state index contributed by atoms with van der Waals surface area (Å²) in [6, 6.07) is -0.685. The molecule has 6 heteroatoms. The van der Waals surface area contributed by atoms with Crippen LogP contribution in [0.2, 0.25) is 0 Å². The second-order valence-electron chi connectivity index (χ2n) is 5.06. The summed E-state index contributed by atoms with van der Waals surface area (Å²) in [6.45, 7) is 5.00. The zero-order valence-electron chi connectivity index (χ0n) is 10.4. The van der Waals surface area contributed by atoms with E-state index < -0.39 is 23.5 Å². The van der Waals surface area contributed by atoms with E-state index in [0.29, 0.717) is 6.42 Å². The normalized spacial score (nSPS) is 20.5. The minimum atomic E-state index is -0.685. The fourth-order valence-electron chi connectivity index (χ4n) is 1.74. The summed E-state index contributed by atoms with van der Waals surface area (Å²) in [5.41, 5.74) is 4.56. The maximum atomic E-state index is 11.6. The Labute approximate surface area is 100 Å². The number of ether oxygens (including phenoxy) is 1. The number of nitrogens with zero attached hydrogens (tertiary/aromatic N) is 1. The van der Waals surface area contributed by atoms with Gasteiger partial charge in [-0.1, -0.05) is 0 Å². The molecular weight excluding hydrogens is 224 g/mol. The fourth-order valence-corrected chi connectivity index (χ4v) is 1.74. The highest BCUT2D eigenvalue weighted by molar-refractivity contribution is 5.92. The highest BCUT2D eigenvalue weighted by atomic mass is 16.6. The number of likely N-dealkylation sites (tertiary alicyclic amines) is 1. The summed E-state index contributed by atoms with van der Waals surface area (Å²) in [4.78, 5) is 35.4. The lowest BCUT2D eigenvalue weighted by atomic mass is 10.2. The van der Waals surface area contributed by atoms with E-state index in [1.807, 2.05) is 0 Å². The molecular formula is C11H18N2O4. The Morgan fingerprint density at radius 2 is 2.06 bits per heavy atom. The number of hydrogen-bond acceptors (Lipinski definition) is 4. The molecule has 6 nitrogen and oxygen atoms in total. The number of nitrogens with two attached hydrogens (primary N) is 1. The van der Waals surface area contributed by atoms with Gasteiger partial charge in [-0.3, -0.25) is 14.4 Å². The highest BCUT2D eigenvalue weighted by Crippen LogP contribution is 2.18. The van der Waals surface area contributed by atoms with E-state index in [1.54, 1.807) is 20.8 Å². The molecule has 1 saturated heterocycles. The van der Waals surface area contributed by atoms with Crippen LogP contribution in [0.5, 0.6) is 0 Å². The number of carbonyl (C=O) groups excluding carboxylic acids is 3. The summed E-state index contributed by atoms with van der Waals surface area (Å²) < 4.78 is 5.09. The molecule has 0 unspecified atom stereocenters. The molecule has 0 aromatic rings. The predicted octanol–water partition coefficient (Wildman–Crippen LogP) is -0.196. The van der Waals surface area contributed by atoms with Crippen molar-refractivity contribution in [3.05, 3.63) is 0 Å². The van der Waals surface area contributed by atoms with E-state index in [1.165, 1.54) is 4.90 Å². The summed E-state index contributed by atoms with van der Waals surface area (Å²) in [6.07, 6.45) is 0.618. The molecule has 1 aliphatic rings. The number of hydrogen-bond donors (Lipinski definition) is 1. The Bertz CT molecular complexity index is 346. The number of esters is 1. The molecule has 1 rings (SSSR count). The Morgan fingerprint density at radius 3 is 2.53 bits per heavy atom. The minimum Gasteiger partial charge on any atom is -0.459 e. The van der Waals surface area contributed by atoms with Gasteiger partial charge < -0.3 is 15.4 Å². The Balaban J connectivity index is 2.63. The van der Waals surface area contributed by atoms with E-state index in [0.717, 1.165) is 0 Å². The average Bonchev–Trinajstić information content (AvgIpc) is 2.44. The Morgan fingerprint density at radius 1 is 1.47 bits per heavy atom. The lowest BCUT2D eigenvalue weighted by Crippen LogP contribution is -2.45. The molecule has 1 aliphatic heterocycles. The molecule has 0 bridgehead atoms. The van der Waals surface area contributed by atoms with Crippen molar-refractivity contribution < 1.29 is 19.1 Å². The maximum absolute atomic E-state index is 11.6. The molecule has 0 saturated carbocycles. The van der Waals surface area contributed by atoms with Gasteiger partial charge in [0.05, 0.1) is 0 Å². The minimum absolute atomic E-state index is 0.219. The van der Waals surface area contributed by atoms with Crippen LogP contribution in [0, 0.1) is 0 Å². The highest BCUT2D eigenvalue weighted by Gasteiger charge is 2.36. The van der Waals surface area contributed by atoms with E-state index in [4.69, 9.17) is 10.5 Å². The summed E-state index contributed by atoms with van der Waals surface area (Å²) in [5, 5.41) is 0. The summed E-state index contributed by atoms with van der Waals surface area (Å²) in [5.74, 6) is -1.35. The third-order valence-electron chi connectivity index (χ3n) is 2.38. The third kappa shape index (κ3) is 3.72. The zero-order valence-corrected chi connectivity index (χ0v) is 10.4. The van der Waals surface area contributed by atoms with Crippen molar-refractivity contribution in [3.8, 4) is 0 Å². The van der Waals surface area contributed by atoms with Crippen molar-refractivity contribution in [2.75, 3.05) is 6.54 Å². The van der Waals surface area contributed by atoms with Crippen molar-refractivity contribution in [1.82, 2.24) is 4.90 Å². The number of primary amides is 1. The lowest BCUT2D eigenvalue weighted by Gasteiger charge is -2.24. The maximum Gasteiger partial charge on any atom is 0.326 e. The molecule has 17 heavy (non-hydrogen) atoms. The molecule has 2 N–H and O–H groups in total. The van der Waals surface area contributed by atoms with Crippen molar-refractivity contribution in [2.45, 2.75) is 45.3 Å². The van der Waals surface area contributed by atoms with Crippen molar-refractivity contribution in [3.63, 3.8) is 0 Å². The van der Waals surface area contributed by atoms with Gasteiger partial charge in [-0.25, -0.2) is 0 Å². The van der Waals surface area contributed by atoms with E-state index in [9.17, 15) is 14.4 Å². The average molecular weight is 242 g/mol. The number of carbonyl (C=O) groups is 3. The summed E-state index contributed by atoms with van der Waals surface area (Å²) in [7, 11) is 0. The molecule has 1 heterocycles. The van der Waals surface area contributed by atoms with Crippen molar-refractivity contribution >= 4 is 17.8 Å². The van der Waals surface area contributed by atoms with Crippen LogP contribution < -0.4 is 5.73 Å². The monoisotopic (exact) mass is 242 g/mol. The van der Waals surface area contributed by atoms with E-state index >= 15 is 0 Å². The van der Waals surface area contributed by atoms with Gasteiger partial charge in [0.2, 0.25) is 11.8 Å². The van der Waals surface area contributed by atoms with Crippen LogP contribution in [0.25, 0.3) is 0 Å². The van der Waals surface area contributed by atoms with Gasteiger partial charge in [-0.15, -0.1) is 0 Å². The number of rotatable bonds is 3. The molecule has 0 aliphatic carbocycles. The van der Waals surface area contributed by atoms with Gasteiger partial charge in [0, 0.05) is 6.42 Å². The van der Waals surface area contributed by atoms with Crippen LogP contribution >= 0.6 is 0 Å². The smallest absolute Gasteiger partial charge is 0.326 e. The van der Waals surface area contributed by atoms with Crippen LogP contribution in [0.3, 0.4) is 0 Å². The van der Waals surface area contributed by atoms with Crippen molar-refractivity contribution in [2.24, 2.45) is 5.73 Å². The fraction of sp³-hybridized carbons (Fsp3) is 0.727. The van der Waals surface area contributed by atoms with Gasteiger partial charge >= 0.3 is 5.97 Å². The molecule has 96 valence electrons. The van der Waals surface area contributed by atoms with Crippen LogP contribution in [0.15, 0.2) is 0 Å². The first kappa shape index (κ1) is 13.5. The molecule has 0 radical (unpaired) electrons. The van der Waals surface area contributed by atoms with Crippen LogP contribution in [-0.2, 0) is 19.1 Å². The van der Waals surface area contributed by atoms with Gasteiger partial charge in [0.15, 0.2) is 0 Å². The molecule has 1 atom stereocenters. The van der Waals surface area contributed by atoms with Gasteiger partial charge in [0.1, 0.15) is 18.2 Å². The molecule has 2 amide bonds. The SMILES string of the molecule is CC(C)(C)OC(=O)CN1C(=O)CC[C@@H]1C(N)=O. The molecule has 0 aromatic carbocycles. The zero-order chi connectivity index (χ0) is 13.2. The van der Waals surface area contributed by atoms with Crippen molar-refractivity contribution in [1.29, 1.82) is 0 Å². The largest absolute Gasteiger partial charge is 0.459 e. The summed E-state index contributed by atoms with van der Waals surface area (Å²) >= 11 is 0. The molecule has 0 spiro atoms. The quantitative estimate of drug-likeness (QED) is 0.694. The van der Waals surface area contributed by atoms with Crippen LogP contribution in [0.1, 0.15) is 33.6 Å². The lowest BCUT2D eigenvalue weighted by molar-refractivity contribution is -0.159. The van der Waals surface area contributed by atoms with Crippen LogP contribution in [-0.4, -0.2) is 40.9 Å².